The first-order valence-corrected chi connectivity index (χ1v) is 8.12. The van der Waals surface area contributed by atoms with Crippen LogP contribution in [0.1, 0.15) is 17.3 Å². The molecule has 6 heteroatoms. The molecule has 0 saturated carbocycles. The molecule has 0 aliphatic heterocycles. The Morgan fingerprint density at radius 3 is 2.50 bits per heavy atom. The lowest BCUT2D eigenvalue weighted by Gasteiger charge is -2.16. The van der Waals surface area contributed by atoms with Crippen molar-refractivity contribution >= 4 is 35.9 Å². The number of benzene rings is 1. The molecule has 0 bridgehead atoms. The number of halogens is 1. The Morgan fingerprint density at radius 2 is 2.00 bits per heavy atom. The molecule has 0 unspecified atom stereocenters. The van der Waals surface area contributed by atoms with Gasteiger partial charge in [-0.3, -0.25) is 0 Å². The predicted octanol–water partition coefficient (Wildman–Crippen LogP) is 3.47. The van der Waals surface area contributed by atoms with Crippen LogP contribution in [0.3, 0.4) is 0 Å². The van der Waals surface area contributed by atoms with E-state index in [9.17, 15) is 4.79 Å². The molecule has 0 aromatic heterocycles. The van der Waals surface area contributed by atoms with Crippen molar-refractivity contribution in [1.29, 1.82) is 0 Å². The van der Waals surface area contributed by atoms with Gasteiger partial charge < -0.3 is 9.05 Å². The SMILES string of the molecule is CCO[P@@](C)(=S)OC(=O)c1ccc(Cl)cc1. The van der Waals surface area contributed by atoms with E-state index in [1.165, 1.54) is 0 Å². The monoisotopic (exact) mass is 278 g/mol. The lowest BCUT2D eigenvalue weighted by Crippen LogP contribution is -2.04. The highest BCUT2D eigenvalue weighted by atomic mass is 35.5. The molecular weight excluding hydrogens is 267 g/mol. The normalized spacial score (nSPS) is 14.2. The third-order valence-electron chi connectivity index (χ3n) is 1.69. The molecule has 0 spiro atoms. The minimum absolute atomic E-state index is 0.417. The summed E-state index contributed by atoms with van der Waals surface area (Å²) in [5.41, 5.74) is 0.417. The molecule has 0 fully saturated rings. The van der Waals surface area contributed by atoms with Crippen LogP contribution in [0, 0.1) is 0 Å². The van der Waals surface area contributed by atoms with Crippen molar-refractivity contribution in [1.82, 2.24) is 0 Å². The highest BCUT2D eigenvalue weighted by Gasteiger charge is 2.17. The Labute approximate surface area is 105 Å². The second kappa shape index (κ2) is 5.78. The molecule has 0 aliphatic carbocycles. The maximum atomic E-state index is 11.7. The van der Waals surface area contributed by atoms with Gasteiger partial charge in [0, 0.05) is 11.7 Å². The number of hydrogen-bond donors (Lipinski definition) is 0. The molecule has 16 heavy (non-hydrogen) atoms. The van der Waals surface area contributed by atoms with Gasteiger partial charge in [-0.15, -0.1) is 0 Å². The maximum absolute atomic E-state index is 11.7. The minimum atomic E-state index is -2.48. The summed E-state index contributed by atoms with van der Waals surface area (Å²) < 4.78 is 10.3. The molecule has 3 nitrogen and oxygen atoms in total. The Hall–Kier alpha value is -0.410. The van der Waals surface area contributed by atoms with E-state index >= 15 is 0 Å². The standard InChI is InChI=1S/C10H12ClO3PS/c1-3-13-15(2,16)14-10(12)8-4-6-9(11)7-5-8/h4-7H,3H2,1-2H3/t15-/m1/s1. The molecule has 0 N–H and O–H groups in total. The van der Waals surface area contributed by atoms with Crippen molar-refractivity contribution < 1.29 is 13.8 Å². The summed E-state index contributed by atoms with van der Waals surface area (Å²) in [5.74, 6) is -0.476. The summed E-state index contributed by atoms with van der Waals surface area (Å²) in [6.45, 7) is 1.39. The van der Waals surface area contributed by atoms with Gasteiger partial charge in [0.15, 0.2) is 0 Å². The Morgan fingerprint density at radius 1 is 1.44 bits per heavy atom. The summed E-state index contributed by atoms with van der Waals surface area (Å²) >= 11 is 10.8. The highest BCUT2D eigenvalue weighted by molar-refractivity contribution is 8.09. The van der Waals surface area contributed by atoms with E-state index < -0.39 is 12.5 Å². The minimum Gasteiger partial charge on any atom is -0.409 e. The van der Waals surface area contributed by atoms with Gasteiger partial charge in [-0.1, -0.05) is 11.6 Å². The third kappa shape index (κ3) is 4.22. The van der Waals surface area contributed by atoms with Crippen LogP contribution < -0.4 is 0 Å². The fourth-order valence-electron chi connectivity index (χ4n) is 1.05. The van der Waals surface area contributed by atoms with Gasteiger partial charge in [-0.05, 0) is 43.0 Å². The Kier molecular flexibility index (Phi) is 4.93. The first-order chi connectivity index (χ1) is 7.44. The molecule has 1 aromatic rings. The number of hydrogen-bond acceptors (Lipinski definition) is 4. The van der Waals surface area contributed by atoms with Crippen molar-refractivity contribution in [2.45, 2.75) is 6.92 Å². The van der Waals surface area contributed by atoms with E-state index in [2.05, 4.69) is 0 Å². The molecule has 88 valence electrons. The number of rotatable bonds is 4. The fourth-order valence-corrected chi connectivity index (χ4v) is 2.62. The second-order valence-corrected chi connectivity index (χ2v) is 7.48. The van der Waals surface area contributed by atoms with Crippen LogP contribution in [0.15, 0.2) is 24.3 Å². The summed E-state index contributed by atoms with van der Waals surface area (Å²) in [6, 6.07) is 6.42. The van der Waals surface area contributed by atoms with Crippen molar-refractivity contribution in [2.75, 3.05) is 13.3 Å². The summed E-state index contributed by atoms with van der Waals surface area (Å²) in [5, 5.41) is 0.567. The van der Waals surface area contributed by atoms with E-state index in [1.54, 1.807) is 37.9 Å². The molecule has 1 atom stereocenters. The zero-order valence-electron chi connectivity index (χ0n) is 8.97. The van der Waals surface area contributed by atoms with Crippen LogP contribution in [0.5, 0.6) is 0 Å². The van der Waals surface area contributed by atoms with Crippen molar-refractivity contribution in [3.05, 3.63) is 34.9 Å². The molecule has 0 aliphatic rings. The quantitative estimate of drug-likeness (QED) is 0.790. The maximum Gasteiger partial charge on any atom is 0.343 e. The first-order valence-electron chi connectivity index (χ1n) is 4.66. The average molecular weight is 279 g/mol. The van der Waals surface area contributed by atoms with Crippen molar-refractivity contribution in [3.63, 3.8) is 0 Å². The summed E-state index contributed by atoms with van der Waals surface area (Å²) in [7, 11) is 0. The van der Waals surface area contributed by atoms with E-state index in [4.69, 9.17) is 32.5 Å². The van der Waals surface area contributed by atoms with E-state index in [0.29, 0.717) is 17.2 Å². The first kappa shape index (κ1) is 13.7. The summed E-state index contributed by atoms with van der Waals surface area (Å²) in [6.07, 6.45) is 0. The van der Waals surface area contributed by atoms with Crippen LogP contribution >= 0.6 is 18.1 Å². The fraction of sp³-hybridized carbons (Fsp3) is 0.300. The largest absolute Gasteiger partial charge is 0.409 e. The molecule has 1 rings (SSSR count). The topological polar surface area (TPSA) is 35.5 Å². The van der Waals surface area contributed by atoms with Gasteiger partial charge in [-0.2, -0.15) is 0 Å². The van der Waals surface area contributed by atoms with Gasteiger partial charge in [0.2, 0.25) is 6.49 Å². The van der Waals surface area contributed by atoms with Gasteiger partial charge >= 0.3 is 5.97 Å². The van der Waals surface area contributed by atoms with Crippen LogP contribution in [0.25, 0.3) is 0 Å². The van der Waals surface area contributed by atoms with Gasteiger partial charge in [0.05, 0.1) is 12.2 Å². The second-order valence-electron chi connectivity index (χ2n) is 3.07. The van der Waals surface area contributed by atoms with E-state index in [0.717, 1.165) is 0 Å². The number of carbonyl (C=O) groups is 1. The predicted molar refractivity (Wildman–Crippen MR) is 68.7 cm³/mol. The Bertz CT molecular complexity index is 419. The van der Waals surface area contributed by atoms with Gasteiger partial charge in [-0.25, -0.2) is 4.79 Å². The van der Waals surface area contributed by atoms with Crippen LogP contribution in [0.2, 0.25) is 5.02 Å². The van der Waals surface area contributed by atoms with Crippen molar-refractivity contribution in [2.24, 2.45) is 0 Å². The van der Waals surface area contributed by atoms with E-state index in [-0.39, 0.29) is 0 Å². The molecule has 1 aromatic carbocycles. The Balaban J connectivity index is 2.73. The van der Waals surface area contributed by atoms with Gasteiger partial charge in [0.25, 0.3) is 0 Å². The molecule has 0 saturated heterocycles. The van der Waals surface area contributed by atoms with Crippen LogP contribution in [-0.2, 0) is 20.9 Å². The molecular formula is C10H12ClO3PS. The lowest BCUT2D eigenvalue weighted by atomic mass is 10.2. The van der Waals surface area contributed by atoms with Crippen molar-refractivity contribution in [3.8, 4) is 0 Å². The van der Waals surface area contributed by atoms with Crippen LogP contribution in [0.4, 0.5) is 0 Å². The zero-order chi connectivity index (χ0) is 12.2. The number of carbonyl (C=O) groups excluding carboxylic acids is 1. The lowest BCUT2D eigenvalue weighted by molar-refractivity contribution is 0.0729. The summed E-state index contributed by atoms with van der Waals surface area (Å²) in [4.78, 5) is 11.7. The van der Waals surface area contributed by atoms with Crippen LogP contribution in [-0.4, -0.2) is 19.2 Å². The highest BCUT2D eigenvalue weighted by Crippen LogP contribution is 2.44. The smallest absolute Gasteiger partial charge is 0.343 e. The third-order valence-corrected chi connectivity index (χ3v) is 3.71. The molecule has 0 heterocycles. The molecule has 0 amide bonds. The van der Waals surface area contributed by atoms with Gasteiger partial charge in [0.1, 0.15) is 0 Å². The average Bonchev–Trinajstić information content (AvgIpc) is 2.17. The van der Waals surface area contributed by atoms with E-state index in [1.807, 2.05) is 0 Å². The molecule has 0 radical (unpaired) electrons. The zero-order valence-corrected chi connectivity index (χ0v) is 11.4.